The number of amides is 1. The molecule has 0 saturated carbocycles. The van der Waals surface area contributed by atoms with E-state index in [2.05, 4.69) is 30.4 Å². The molecule has 6 nitrogen and oxygen atoms in total. The Balaban J connectivity index is 1.61. The summed E-state index contributed by atoms with van der Waals surface area (Å²) in [6.07, 6.45) is 8.51. The highest BCUT2D eigenvalue weighted by Crippen LogP contribution is 2.39. The molecule has 1 aromatic heterocycles. The molecule has 0 spiro atoms. The number of para-hydroxylation sites is 1. The first-order chi connectivity index (χ1) is 20.0. The molecule has 2 unspecified atom stereocenters. The van der Waals surface area contributed by atoms with Crippen LogP contribution in [0.1, 0.15) is 54.6 Å². The molecule has 0 radical (unpaired) electrons. The van der Waals surface area contributed by atoms with Gasteiger partial charge in [-0.2, -0.15) is 0 Å². The van der Waals surface area contributed by atoms with Gasteiger partial charge in [0.25, 0.3) is 0 Å². The van der Waals surface area contributed by atoms with E-state index in [1.54, 1.807) is 0 Å². The van der Waals surface area contributed by atoms with Crippen LogP contribution in [0.3, 0.4) is 0 Å². The van der Waals surface area contributed by atoms with Gasteiger partial charge in [-0.25, -0.2) is 0 Å². The number of furan rings is 1. The molecule has 5 rings (SSSR count). The number of aryl methyl sites for hydroxylation is 1. The number of hydrogen-bond donors (Lipinski definition) is 2. The van der Waals surface area contributed by atoms with Crippen molar-refractivity contribution in [3.8, 4) is 0 Å². The smallest absolute Gasteiger partial charge is 0.312 e. The molecule has 0 fully saturated rings. The number of ether oxygens (including phenoxy) is 1. The lowest BCUT2D eigenvalue weighted by molar-refractivity contribution is -0.141. The number of hydrogen-bond acceptors (Lipinski definition) is 4. The number of aliphatic carboxylic acids is 1. The lowest BCUT2D eigenvalue weighted by Crippen LogP contribution is -2.52. The summed E-state index contributed by atoms with van der Waals surface area (Å²) in [6.45, 7) is 2.44. The van der Waals surface area contributed by atoms with Gasteiger partial charge in [-0.3, -0.25) is 9.59 Å². The average Bonchev–Trinajstić information content (AvgIpc) is 3.32. The van der Waals surface area contributed by atoms with Crippen LogP contribution in [-0.4, -0.2) is 22.5 Å². The Hall–Kier alpha value is -4.58. The van der Waals surface area contributed by atoms with Crippen LogP contribution < -0.4 is 5.32 Å². The van der Waals surface area contributed by atoms with E-state index >= 15 is 0 Å². The van der Waals surface area contributed by atoms with Gasteiger partial charge in [0.2, 0.25) is 5.91 Å². The van der Waals surface area contributed by atoms with Gasteiger partial charge in [-0.1, -0.05) is 104 Å². The maximum Gasteiger partial charge on any atom is 0.312 e. The molecule has 2 atom stereocenters. The number of allylic oxidation sites excluding steroid dienone is 2. The van der Waals surface area contributed by atoms with Crippen LogP contribution in [0, 0.1) is 0 Å². The summed E-state index contributed by atoms with van der Waals surface area (Å²) < 4.78 is 12.9. The number of carboxylic acid groups (broad SMARTS) is 1. The third-order valence-electron chi connectivity index (χ3n) is 7.45. The monoisotopic (exact) mass is 549 g/mol. The fourth-order valence-corrected chi connectivity index (χ4v) is 5.40. The second kappa shape index (κ2) is 12.7. The van der Waals surface area contributed by atoms with Crippen LogP contribution in [0.25, 0.3) is 11.0 Å². The van der Waals surface area contributed by atoms with Gasteiger partial charge in [0.1, 0.15) is 35.7 Å². The van der Waals surface area contributed by atoms with Crippen LogP contribution in [0.15, 0.2) is 113 Å². The third kappa shape index (κ3) is 6.60. The Morgan fingerprint density at radius 3 is 2.41 bits per heavy atom. The summed E-state index contributed by atoms with van der Waals surface area (Å²) in [5.74, 6) is -0.402. The minimum Gasteiger partial charge on any atom is -0.491 e. The van der Waals surface area contributed by atoms with Crippen LogP contribution in [0.2, 0.25) is 0 Å². The Kier molecular flexibility index (Phi) is 8.68. The summed E-state index contributed by atoms with van der Waals surface area (Å²) >= 11 is 0. The van der Waals surface area contributed by atoms with E-state index in [1.807, 2.05) is 84.9 Å². The minimum atomic E-state index is -1.19. The van der Waals surface area contributed by atoms with Gasteiger partial charge in [-0.05, 0) is 29.7 Å². The summed E-state index contributed by atoms with van der Waals surface area (Å²) in [7, 11) is 0. The number of unbranched alkanes of at least 4 members (excludes halogenated alkanes) is 1. The predicted molar refractivity (Wildman–Crippen MR) is 159 cm³/mol. The maximum absolute atomic E-state index is 13.1. The Morgan fingerprint density at radius 2 is 1.68 bits per heavy atom. The van der Waals surface area contributed by atoms with E-state index in [1.165, 1.54) is 0 Å². The number of carbonyl (C=O) groups excluding carboxylic acids is 1. The predicted octanol–water partition coefficient (Wildman–Crippen LogP) is 7.10. The van der Waals surface area contributed by atoms with Gasteiger partial charge in [0.05, 0.1) is 0 Å². The topological polar surface area (TPSA) is 88.8 Å². The number of carbonyl (C=O) groups is 2. The third-order valence-corrected chi connectivity index (χ3v) is 7.45. The quantitative estimate of drug-likeness (QED) is 0.145. The zero-order valence-corrected chi connectivity index (χ0v) is 23.2. The summed E-state index contributed by atoms with van der Waals surface area (Å²) in [5.41, 5.74) is 2.75. The van der Waals surface area contributed by atoms with E-state index in [4.69, 9.17) is 9.15 Å². The minimum absolute atomic E-state index is 0.0767. The molecule has 0 bridgehead atoms. The molecule has 4 aromatic rings. The number of rotatable bonds is 12. The van der Waals surface area contributed by atoms with Crippen molar-refractivity contribution in [1.29, 1.82) is 0 Å². The van der Waals surface area contributed by atoms with Crippen molar-refractivity contribution >= 4 is 22.8 Å². The standard InChI is InChI=1S/C35H35NO5/c1-2-3-17-31-29(28-16-10-11-18-30(28)41-31)23-35(36-33(37)22-34(38)39)20-19-27(26-14-8-5-9-15-26)21-32(35)40-24-25-12-6-4-7-13-25/h4-16,18-21,27H,2-3,17,22-24H2,1H3,(H,36,37)(H,38,39). The molecule has 6 heteroatoms. The van der Waals surface area contributed by atoms with Gasteiger partial charge in [-0.15, -0.1) is 0 Å². The molecule has 2 N–H and O–H groups in total. The second-order valence-electron chi connectivity index (χ2n) is 10.5. The fraction of sp³-hybridized carbons (Fsp3) is 0.257. The Morgan fingerprint density at radius 1 is 0.976 bits per heavy atom. The first-order valence-corrected chi connectivity index (χ1v) is 14.1. The number of fused-ring (bicyclic) bond motifs is 1. The highest BCUT2D eigenvalue weighted by Gasteiger charge is 2.40. The highest BCUT2D eigenvalue weighted by molar-refractivity contribution is 5.94. The molecular formula is C35H35NO5. The first-order valence-electron chi connectivity index (χ1n) is 14.1. The molecule has 41 heavy (non-hydrogen) atoms. The molecule has 0 saturated heterocycles. The fourth-order valence-electron chi connectivity index (χ4n) is 5.40. The van der Waals surface area contributed by atoms with Gasteiger partial charge >= 0.3 is 5.97 Å². The van der Waals surface area contributed by atoms with Crippen molar-refractivity contribution < 1.29 is 23.8 Å². The maximum atomic E-state index is 13.1. The van der Waals surface area contributed by atoms with Crippen molar-refractivity contribution in [1.82, 2.24) is 5.32 Å². The molecule has 0 aliphatic heterocycles. The number of nitrogens with one attached hydrogen (secondary N) is 1. The van der Waals surface area contributed by atoms with E-state index in [9.17, 15) is 14.7 Å². The second-order valence-corrected chi connectivity index (χ2v) is 10.5. The van der Waals surface area contributed by atoms with Gasteiger partial charge in [0, 0.05) is 29.7 Å². The van der Waals surface area contributed by atoms with E-state index in [0.717, 1.165) is 52.7 Å². The van der Waals surface area contributed by atoms with E-state index < -0.39 is 23.8 Å². The highest BCUT2D eigenvalue weighted by atomic mass is 16.5. The van der Waals surface area contributed by atoms with Crippen LogP contribution in [0.4, 0.5) is 0 Å². The number of benzene rings is 3. The Labute approximate surface area is 240 Å². The van der Waals surface area contributed by atoms with Crippen molar-refractivity contribution in [2.45, 2.75) is 57.1 Å². The zero-order chi connectivity index (χ0) is 28.7. The lowest BCUT2D eigenvalue weighted by Gasteiger charge is -2.37. The molecule has 1 aliphatic rings. The van der Waals surface area contributed by atoms with Crippen LogP contribution >= 0.6 is 0 Å². The molecular weight excluding hydrogens is 514 g/mol. The normalized spacial score (nSPS) is 18.2. The average molecular weight is 550 g/mol. The van der Waals surface area contributed by atoms with Gasteiger partial charge in [0.15, 0.2) is 0 Å². The van der Waals surface area contributed by atoms with E-state index in [-0.39, 0.29) is 5.92 Å². The number of carboxylic acids is 1. The molecule has 210 valence electrons. The summed E-state index contributed by atoms with van der Waals surface area (Å²) in [6, 6.07) is 27.8. The molecule has 1 aliphatic carbocycles. The van der Waals surface area contributed by atoms with Crippen LogP contribution in [0.5, 0.6) is 0 Å². The summed E-state index contributed by atoms with van der Waals surface area (Å²) in [5, 5.41) is 13.5. The molecule has 3 aromatic carbocycles. The van der Waals surface area contributed by atoms with Crippen molar-refractivity contribution in [3.05, 3.63) is 131 Å². The molecule has 1 heterocycles. The molecule has 1 amide bonds. The van der Waals surface area contributed by atoms with E-state index in [0.29, 0.717) is 18.8 Å². The summed E-state index contributed by atoms with van der Waals surface area (Å²) in [4.78, 5) is 24.6. The Bertz CT molecular complexity index is 1550. The van der Waals surface area contributed by atoms with Gasteiger partial charge < -0.3 is 19.6 Å². The zero-order valence-electron chi connectivity index (χ0n) is 23.2. The lowest BCUT2D eigenvalue weighted by atomic mass is 9.79. The largest absolute Gasteiger partial charge is 0.491 e. The van der Waals surface area contributed by atoms with Crippen molar-refractivity contribution in [3.63, 3.8) is 0 Å². The van der Waals surface area contributed by atoms with Crippen molar-refractivity contribution in [2.24, 2.45) is 0 Å². The first kappa shape index (κ1) is 28.0. The van der Waals surface area contributed by atoms with Crippen LogP contribution in [-0.2, 0) is 33.8 Å². The van der Waals surface area contributed by atoms with Crippen molar-refractivity contribution in [2.75, 3.05) is 0 Å². The SMILES string of the molecule is CCCCc1oc2ccccc2c1CC1(NC(=O)CC(=O)O)C=CC(c2ccccc2)C=C1OCc1ccccc1.